The highest BCUT2D eigenvalue weighted by atomic mass is 19.4. The summed E-state index contributed by atoms with van der Waals surface area (Å²) in [4.78, 5) is 12.0. The van der Waals surface area contributed by atoms with Crippen molar-refractivity contribution in [2.75, 3.05) is 30.3 Å². The Morgan fingerprint density at radius 1 is 1.02 bits per heavy atom. The number of nitrogens with one attached hydrogen (secondary N) is 2. The first-order valence-corrected chi connectivity index (χ1v) is 14.8. The predicted molar refractivity (Wildman–Crippen MR) is 156 cm³/mol. The molecule has 2 aromatic rings. The standard InChI is InChI=1S/C30H42F6N6O2/c1-18(2)41-11-9-21(10-12-41)43-23-8-7-19(13-24(23)44-26(32)33)39-27-37-16-22(31)25(40-27)38-20-14-28(3,4)42(17-30(34,35)36)29(5,6)15-20/h7-8,13,16,18,20-21,26H,9-12,14-15,17H2,1-6H3,(H2,37,38,39,40). The molecule has 0 saturated carbocycles. The number of alkyl halides is 5. The van der Waals surface area contributed by atoms with E-state index in [1.54, 1.807) is 33.8 Å². The fourth-order valence-electron chi connectivity index (χ4n) is 6.44. The third-order valence-corrected chi connectivity index (χ3v) is 8.29. The number of piperidine rings is 2. The van der Waals surface area contributed by atoms with Gasteiger partial charge in [-0.05, 0) is 79.4 Å². The number of anilines is 3. The summed E-state index contributed by atoms with van der Waals surface area (Å²) in [5.74, 6) is -0.854. The van der Waals surface area contributed by atoms with Crippen LogP contribution in [0.15, 0.2) is 24.4 Å². The number of hydrogen-bond donors (Lipinski definition) is 2. The van der Waals surface area contributed by atoms with Gasteiger partial charge in [-0.2, -0.15) is 26.9 Å². The van der Waals surface area contributed by atoms with Gasteiger partial charge in [0.1, 0.15) is 6.10 Å². The average Bonchev–Trinajstić information content (AvgIpc) is 2.89. The zero-order valence-electron chi connectivity index (χ0n) is 25.9. The van der Waals surface area contributed by atoms with E-state index in [9.17, 15) is 26.3 Å². The van der Waals surface area contributed by atoms with E-state index in [1.807, 2.05) is 0 Å². The van der Waals surface area contributed by atoms with Crippen LogP contribution in [0.1, 0.15) is 67.2 Å². The minimum atomic E-state index is -4.36. The highest BCUT2D eigenvalue weighted by molar-refractivity contribution is 5.60. The first-order valence-electron chi connectivity index (χ1n) is 14.8. The first kappa shape index (κ1) is 33.9. The van der Waals surface area contributed by atoms with Gasteiger partial charge in [0, 0.05) is 48.0 Å². The second kappa shape index (κ2) is 13.2. The van der Waals surface area contributed by atoms with Crippen LogP contribution >= 0.6 is 0 Å². The van der Waals surface area contributed by atoms with Crippen molar-refractivity contribution >= 4 is 17.5 Å². The Bertz CT molecular complexity index is 1250. The Morgan fingerprint density at radius 3 is 2.23 bits per heavy atom. The van der Waals surface area contributed by atoms with Gasteiger partial charge in [-0.25, -0.2) is 9.37 Å². The normalized spacial score (nSPS) is 20.2. The number of hydrogen-bond acceptors (Lipinski definition) is 8. The second-order valence-corrected chi connectivity index (χ2v) is 13.1. The lowest BCUT2D eigenvalue weighted by atomic mass is 9.77. The van der Waals surface area contributed by atoms with Crippen molar-refractivity contribution in [3.05, 3.63) is 30.2 Å². The van der Waals surface area contributed by atoms with Crippen LogP contribution in [-0.2, 0) is 0 Å². The smallest absolute Gasteiger partial charge is 0.401 e. The third kappa shape index (κ3) is 8.80. The van der Waals surface area contributed by atoms with Crippen LogP contribution in [-0.4, -0.2) is 81.5 Å². The highest BCUT2D eigenvalue weighted by Crippen LogP contribution is 2.41. The third-order valence-electron chi connectivity index (χ3n) is 8.29. The Morgan fingerprint density at radius 2 is 1.66 bits per heavy atom. The van der Waals surface area contributed by atoms with Crippen molar-refractivity contribution in [2.24, 2.45) is 0 Å². The summed E-state index contributed by atoms with van der Waals surface area (Å²) < 4.78 is 92.1. The van der Waals surface area contributed by atoms with Crippen LogP contribution < -0.4 is 20.1 Å². The highest BCUT2D eigenvalue weighted by Gasteiger charge is 2.49. The lowest BCUT2D eigenvalue weighted by Gasteiger charge is -2.55. The lowest BCUT2D eigenvalue weighted by Crippen LogP contribution is -2.64. The number of rotatable bonds is 10. The second-order valence-electron chi connectivity index (χ2n) is 13.1. The van der Waals surface area contributed by atoms with Gasteiger partial charge in [0.25, 0.3) is 0 Å². The molecule has 2 fully saturated rings. The molecule has 2 saturated heterocycles. The molecule has 0 spiro atoms. The van der Waals surface area contributed by atoms with Crippen molar-refractivity contribution in [3.63, 3.8) is 0 Å². The fourth-order valence-corrected chi connectivity index (χ4v) is 6.44. The first-order chi connectivity index (χ1) is 20.4. The molecule has 1 aromatic carbocycles. The molecule has 8 nitrogen and oxygen atoms in total. The van der Waals surface area contributed by atoms with Gasteiger partial charge in [0.15, 0.2) is 23.1 Å². The Labute approximate surface area is 254 Å². The maximum absolute atomic E-state index is 14.8. The summed E-state index contributed by atoms with van der Waals surface area (Å²) in [7, 11) is 0. The molecule has 2 aliphatic heterocycles. The van der Waals surface area contributed by atoms with Crippen LogP contribution in [0, 0.1) is 5.82 Å². The molecule has 3 heterocycles. The van der Waals surface area contributed by atoms with Crippen molar-refractivity contribution in [2.45, 2.75) is 109 Å². The summed E-state index contributed by atoms with van der Waals surface area (Å²) in [6.07, 6.45) is -1.42. The number of likely N-dealkylation sites (tertiary alicyclic amines) is 2. The largest absolute Gasteiger partial charge is 0.486 e. The molecular weight excluding hydrogens is 590 g/mol. The van der Waals surface area contributed by atoms with Gasteiger partial charge in [-0.1, -0.05) is 0 Å². The van der Waals surface area contributed by atoms with Crippen LogP contribution in [0.2, 0.25) is 0 Å². The lowest BCUT2D eigenvalue weighted by molar-refractivity contribution is -0.181. The summed E-state index contributed by atoms with van der Waals surface area (Å²) in [6.45, 7) is 8.74. The molecule has 1 aromatic heterocycles. The van der Waals surface area contributed by atoms with Gasteiger partial charge in [-0.15, -0.1) is 0 Å². The number of benzene rings is 1. The minimum Gasteiger partial charge on any atom is -0.486 e. The summed E-state index contributed by atoms with van der Waals surface area (Å²) in [5.41, 5.74) is -1.37. The summed E-state index contributed by atoms with van der Waals surface area (Å²) >= 11 is 0. The number of aromatic nitrogens is 2. The van der Waals surface area contributed by atoms with E-state index in [1.165, 1.54) is 17.0 Å². The van der Waals surface area contributed by atoms with Gasteiger partial charge < -0.3 is 25.0 Å². The van der Waals surface area contributed by atoms with Gasteiger partial charge in [0.05, 0.1) is 12.7 Å². The van der Waals surface area contributed by atoms with Crippen LogP contribution in [0.25, 0.3) is 0 Å². The minimum absolute atomic E-state index is 0.0142. The SMILES string of the molecule is CC(C)N1CCC(Oc2ccc(Nc3ncc(F)c(NC4CC(C)(C)N(CC(F)(F)F)C(C)(C)C4)n3)cc2OC(F)F)CC1. The fraction of sp³-hybridized carbons (Fsp3) is 0.667. The summed E-state index contributed by atoms with van der Waals surface area (Å²) in [6, 6.07) is 4.50. The molecule has 14 heteroatoms. The molecule has 0 aliphatic carbocycles. The molecule has 0 atom stereocenters. The maximum atomic E-state index is 14.8. The molecule has 2 N–H and O–H groups in total. The zero-order valence-corrected chi connectivity index (χ0v) is 25.9. The van der Waals surface area contributed by atoms with Crippen LogP contribution in [0.5, 0.6) is 11.5 Å². The van der Waals surface area contributed by atoms with E-state index in [2.05, 4.69) is 39.3 Å². The molecule has 2 aliphatic rings. The van der Waals surface area contributed by atoms with E-state index in [-0.39, 0.29) is 35.4 Å². The average molecular weight is 633 g/mol. The molecule has 0 amide bonds. The van der Waals surface area contributed by atoms with E-state index in [0.29, 0.717) is 24.6 Å². The Kier molecular flexibility index (Phi) is 10.1. The number of nitrogens with zero attached hydrogens (tertiary/aromatic N) is 4. The van der Waals surface area contributed by atoms with E-state index < -0.39 is 36.2 Å². The molecular formula is C30H42F6N6O2. The monoisotopic (exact) mass is 632 g/mol. The predicted octanol–water partition coefficient (Wildman–Crippen LogP) is 7.21. The maximum Gasteiger partial charge on any atom is 0.401 e. The van der Waals surface area contributed by atoms with Gasteiger partial charge >= 0.3 is 12.8 Å². The Balaban J connectivity index is 1.47. The van der Waals surface area contributed by atoms with Crippen molar-refractivity contribution in [1.82, 2.24) is 19.8 Å². The van der Waals surface area contributed by atoms with Crippen LogP contribution in [0.4, 0.5) is 43.8 Å². The topological polar surface area (TPSA) is 74.8 Å². The van der Waals surface area contributed by atoms with Crippen LogP contribution in [0.3, 0.4) is 0 Å². The van der Waals surface area contributed by atoms with Gasteiger partial charge in [0.2, 0.25) is 5.95 Å². The zero-order chi connectivity index (χ0) is 32.4. The quantitative estimate of drug-likeness (QED) is 0.267. The number of halogens is 6. The van der Waals surface area contributed by atoms with E-state index >= 15 is 0 Å². The van der Waals surface area contributed by atoms with E-state index in [0.717, 1.165) is 32.1 Å². The molecule has 0 radical (unpaired) electrons. The molecule has 0 bridgehead atoms. The summed E-state index contributed by atoms with van der Waals surface area (Å²) in [5, 5.41) is 5.94. The molecule has 246 valence electrons. The van der Waals surface area contributed by atoms with E-state index in [4.69, 9.17) is 9.47 Å². The number of ether oxygens (including phenoxy) is 2. The van der Waals surface area contributed by atoms with Crippen molar-refractivity contribution < 1.29 is 35.8 Å². The van der Waals surface area contributed by atoms with Gasteiger partial charge in [-0.3, -0.25) is 4.90 Å². The molecule has 0 unspecified atom stereocenters. The van der Waals surface area contributed by atoms with Crippen molar-refractivity contribution in [1.29, 1.82) is 0 Å². The molecule has 4 rings (SSSR count). The Hall–Kier alpha value is -3.00. The molecule has 44 heavy (non-hydrogen) atoms. The van der Waals surface area contributed by atoms with Crippen molar-refractivity contribution in [3.8, 4) is 11.5 Å².